The third kappa shape index (κ3) is 3.23. The van der Waals surface area contributed by atoms with Crippen molar-refractivity contribution in [3.05, 3.63) is 59.9 Å². The first-order chi connectivity index (χ1) is 11.0. The molecule has 0 radical (unpaired) electrons. The van der Waals surface area contributed by atoms with Crippen molar-refractivity contribution in [2.45, 2.75) is 13.3 Å². The quantitative estimate of drug-likeness (QED) is 0.946. The number of carbonyl (C=O) groups excluding carboxylic acids is 2. The number of carbonyl (C=O) groups is 2. The lowest BCUT2D eigenvalue weighted by Gasteiger charge is -2.17. The van der Waals surface area contributed by atoms with E-state index in [0.29, 0.717) is 6.54 Å². The number of aryl methyl sites for hydroxylation is 1. The predicted molar refractivity (Wildman–Crippen MR) is 86.7 cm³/mol. The normalized spacial score (nSPS) is 17.4. The van der Waals surface area contributed by atoms with Crippen LogP contribution in [0.5, 0.6) is 0 Å². The lowest BCUT2D eigenvalue weighted by molar-refractivity contribution is -0.122. The molecule has 2 amide bonds. The minimum absolute atomic E-state index is 0.0933. The highest BCUT2D eigenvalue weighted by molar-refractivity contribution is 6.03. The summed E-state index contributed by atoms with van der Waals surface area (Å²) in [7, 11) is 0. The molecule has 5 heteroatoms. The molecule has 3 rings (SSSR count). The van der Waals surface area contributed by atoms with Gasteiger partial charge in [0.05, 0.1) is 11.6 Å². The Morgan fingerprint density at radius 3 is 2.74 bits per heavy atom. The first kappa shape index (κ1) is 15.2. The summed E-state index contributed by atoms with van der Waals surface area (Å²) in [5.41, 5.74) is 1.98. The average molecular weight is 312 g/mol. The van der Waals surface area contributed by atoms with Crippen molar-refractivity contribution in [3.8, 4) is 0 Å². The molecule has 1 aliphatic heterocycles. The summed E-state index contributed by atoms with van der Waals surface area (Å²) in [5.74, 6) is -1.40. The van der Waals surface area contributed by atoms with E-state index in [1.165, 1.54) is 12.1 Å². The second-order valence-electron chi connectivity index (χ2n) is 5.71. The van der Waals surface area contributed by atoms with E-state index in [1.807, 2.05) is 31.2 Å². The molecule has 2 aromatic rings. The summed E-state index contributed by atoms with van der Waals surface area (Å²) >= 11 is 0. The highest BCUT2D eigenvalue weighted by atomic mass is 19.1. The smallest absolute Gasteiger partial charge is 0.229 e. The molecule has 23 heavy (non-hydrogen) atoms. The highest BCUT2D eigenvalue weighted by Gasteiger charge is 2.35. The van der Waals surface area contributed by atoms with Gasteiger partial charge >= 0.3 is 0 Å². The van der Waals surface area contributed by atoms with Gasteiger partial charge < -0.3 is 10.2 Å². The Kier molecular flexibility index (Phi) is 4.10. The number of para-hydroxylation sites is 1. The van der Waals surface area contributed by atoms with Crippen molar-refractivity contribution in [2.24, 2.45) is 5.92 Å². The molecule has 0 aliphatic carbocycles. The highest BCUT2D eigenvalue weighted by Crippen LogP contribution is 2.27. The standard InChI is InChI=1S/C18H17FN2O2/c1-12-5-4-6-14(9-12)21-11-13(10-17(21)22)18(23)20-16-8-3-2-7-15(16)19/h2-9,13H,10-11H2,1H3,(H,20,23)/t13-/m0/s1. The Hall–Kier alpha value is -2.69. The third-order valence-electron chi connectivity index (χ3n) is 3.94. The van der Waals surface area contributed by atoms with Gasteiger partial charge in [-0.3, -0.25) is 9.59 Å². The Labute approximate surface area is 133 Å². The first-order valence-corrected chi connectivity index (χ1v) is 7.47. The molecule has 1 atom stereocenters. The van der Waals surface area contributed by atoms with Gasteiger partial charge in [0.1, 0.15) is 5.82 Å². The van der Waals surface area contributed by atoms with E-state index in [0.717, 1.165) is 11.3 Å². The number of halogens is 1. The van der Waals surface area contributed by atoms with Gasteiger partial charge in [0.2, 0.25) is 11.8 Å². The monoisotopic (exact) mass is 312 g/mol. The Morgan fingerprint density at radius 2 is 2.00 bits per heavy atom. The number of hydrogen-bond donors (Lipinski definition) is 1. The fourth-order valence-electron chi connectivity index (χ4n) is 2.73. The molecule has 2 aromatic carbocycles. The summed E-state index contributed by atoms with van der Waals surface area (Å²) in [6, 6.07) is 13.6. The summed E-state index contributed by atoms with van der Waals surface area (Å²) in [4.78, 5) is 26.1. The van der Waals surface area contributed by atoms with Crippen LogP contribution in [0.15, 0.2) is 48.5 Å². The summed E-state index contributed by atoms with van der Waals surface area (Å²) in [5, 5.41) is 2.56. The maximum absolute atomic E-state index is 13.6. The van der Waals surface area contributed by atoms with Crippen LogP contribution in [0.1, 0.15) is 12.0 Å². The van der Waals surface area contributed by atoms with Crippen molar-refractivity contribution in [2.75, 3.05) is 16.8 Å². The van der Waals surface area contributed by atoms with Gasteiger partial charge in [-0.05, 0) is 36.8 Å². The molecule has 1 fully saturated rings. The first-order valence-electron chi connectivity index (χ1n) is 7.47. The van der Waals surface area contributed by atoms with Crippen LogP contribution in [0.4, 0.5) is 15.8 Å². The predicted octanol–water partition coefficient (Wildman–Crippen LogP) is 3.13. The zero-order valence-corrected chi connectivity index (χ0v) is 12.8. The SMILES string of the molecule is Cc1cccc(N2C[C@@H](C(=O)Nc3ccccc3F)CC2=O)c1. The molecule has 1 saturated heterocycles. The zero-order valence-electron chi connectivity index (χ0n) is 12.8. The lowest BCUT2D eigenvalue weighted by Crippen LogP contribution is -2.28. The van der Waals surface area contributed by atoms with Crippen molar-refractivity contribution >= 4 is 23.2 Å². The van der Waals surface area contributed by atoms with Crippen LogP contribution in [0.2, 0.25) is 0 Å². The molecule has 4 nitrogen and oxygen atoms in total. The van der Waals surface area contributed by atoms with Crippen LogP contribution in [-0.2, 0) is 9.59 Å². The topological polar surface area (TPSA) is 49.4 Å². The number of nitrogens with one attached hydrogen (secondary N) is 1. The minimum atomic E-state index is -0.485. The Morgan fingerprint density at radius 1 is 1.22 bits per heavy atom. The van der Waals surface area contributed by atoms with Crippen LogP contribution in [0, 0.1) is 18.7 Å². The molecule has 0 aromatic heterocycles. The molecular weight excluding hydrogens is 295 g/mol. The molecule has 0 unspecified atom stereocenters. The maximum Gasteiger partial charge on any atom is 0.229 e. The van der Waals surface area contributed by atoms with Gasteiger partial charge in [-0.25, -0.2) is 4.39 Å². The molecule has 0 bridgehead atoms. The van der Waals surface area contributed by atoms with Gasteiger partial charge in [0.25, 0.3) is 0 Å². The van der Waals surface area contributed by atoms with Crippen LogP contribution in [-0.4, -0.2) is 18.4 Å². The third-order valence-corrected chi connectivity index (χ3v) is 3.94. The zero-order chi connectivity index (χ0) is 16.4. The number of benzene rings is 2. The van der Waals surface area contributed by atoms with Crippen LogP contribution < -0.4 is 10.2 Å². The minimum Gasteiger partial charge on any atom is -0.323 e. The molecule has 1 aliphatic rings. The second kappa shape index (κ2) is 6.20. The van der Waals surface area contributed by atoms with E-state index in [9.17, 15) is 14.0 Å². The molecule has 118 valence electrons. The van der Waals surface area contributed by atoms with Crippen LogP contribution in [0.25, 0.3) is 0 Å². The average Bonchev–Trinajstić information content (AvgIpc) is 2.92. The molecule has 0 spiro atoms. The molecule has 1 heterocycles. The molecular formula is C18H17FN2O2. The number of anilines is 2. The van der Waals surface area contributed by atoms with Crippen molar-refractivity contribution < 1.29 is 14.0 Å². The van der Waals surface area contributed by atoms with Gasteiger partial charge in [0, 0.05) is 18.7 Å². The largest absolute Gasteiger partial charge is 0.323 e. The number of hydrogen-bond acceptors (Lipinski definition) is 2. The Balaban J connectivity index is 1.72. The Bertz CT molecular complexity index is 760. The second-order valence-corrected chi connectivity index (χ2v) is 5.71. The fourth-order valence-corrected chi connectivity index (χ4v) is 2.73. The number of rotatable bonds is 3. The van der Waals surface area contributed by atoms with Crippen molar-refractivity contribution in [3.63, 3.8) is 0 Å². The number of amides is 2. The lowest BCUT2D eigenvalue weighted by atomic mass is 10.1. The van der Waals surface area contributed by atoms with E-state index in [1.54, 1.807) is 17.0 Å². The number of nitrogens with zero attached hydrogens (tertiary/aromatic N) is 1. The van der Waals surface area contributed by atoms with E-state index >= 15 is 0 Å². The van der Waals surface area contributed by atoms with E-state index in [4.69, 9.17) is 0 Å². The summed E-state index contributed by atoms with van der Waals surface area (Å²) < 4.78 is 13.6. The van der Waals surface area contributed by atoms with Gasteiger partial charge in [-0.2, -0.15) is 0 Å². The van der Waals surface area contributed by atoms with E-state index in [-0.39, 0.29) is 23.9 Å². The summed E-state index contributed by atoms with van der Waals surface area (Å²) in [6.45, 7) is 2.26. The van der Waals surface area contributed by atoms with Gasteiger partial charge in [-0.15, -0.1) is 0 Å². The van der Waals surface area contributed by atoms with Crippen molar-refractivity contribution in [1.82, 2.24) is 0 Å². The van der Waals surface area contributed by atoms with Crippen molar-refractivity contribution in [1.29, 1.82) is 0 Å². The van der Waals surface area contributed by atoms with Gasteiger partial charge in [0.15, 0.2) is 0 Å². The fraction of sp³-hybridized carbons (Fsp3) is 0.222. The molecule has 0 saturated carbocycles. The van der Waals surface area contributed by atoms with E-state index in [2.05, 4.69) is 5.32 Å². The van der Waals surface area contributed by atoms with E-state index < -0.39 is 11.7 Å². The molecule has 1 N–H and O–H groups in total. The van der Waals surface area contributed by atoms with Gasteiger partial charge in [-0.1, -0.05) is 24.3 Å². The summed E-state index contributed by atoms with van der Waals surface area (Å²) in [6.07, 6.45) is 0.133. The van der Waals surface area contributed by atoms with Crippen LogP contribution >= 0.6 is 0 Å². The van der Waals surface area contributed by atoms with Crippen LogP contribution in [0.3, 0.4) is 0 Å². The maximum atomic E-state index is 13.6.